The maximum absolute atomic E-state index is 13.4. The summed E-state index contributed by atoms with van der Waals surface area (Å²) in [5, 5.41) is 87.7. The van der Waals surface area contributed by atoms with E-state index in [4.69, 9.17) is 18.9 Å². The van der Waals surface area contributed by atoms with Crippen molar-refractivity contribution < 1.29 is 64.6 Å². The topological polar surface area (TPSA) is 228 Å². The van der Waals surface area contributed by atoms with Gasteiger partial charge in [0.15, 0.2) is 12.6 Å². The van der Waals surface area contributed by atoms with E-state index in [0.29, 0.717) is 12.8 Å². The van der Waals surface area contributed by atoms with E-state index in [9.17, 15) is 45.6 Å². The minimum absolute atomic E-state index is 0.250. The number of hydrogen-bond donors (Lipinski definition) is 9. The Morgan fingerprint density at radius 2 is 0.693 bits per heavy atom. The number of unbranched alkanes of at least 4 members (excludes halogenated alkanes) is 43. The minimum Gasteiger partial charge on any atom is -0.394 e. The molecule has 2 rings (SSSR count). The molecule has 0 bridgehead atoms. The number of rotatable bonds is 70. The molecule has 0 spiro atoms. The van der Waals surface area contributed by atoms with Crippen LogP contribution in [0.2, 0.25) is 0 Å². The summed E-state index contributed by atoms with van der Waals surface area (Å²) in [6.45, 7) is 2.71. The zero-order valence-corrected chi connectivity index (χ0v) is 64.4. The number of aliphatic hydroxyl groups is 8. The number of hydrogen-bond acceptors (Lipinski definition) is 13. The molecule has 0 saturated carbocycles. The summed E-state index contributed by atoms with van der Waals surface area (Å²) in [5.74, 6) is -0.250. The molecule has 586 valence electrons. The number of amides is 1. The van der Waals surface area contributed by atoms with Gasteiger partial charge in [-0.25, -0.2) is 0 Å². The fourth-order valence-electron chi connectivity index (χ4n) is 13.4. The van der Waals surface area contributed by atoms with Crippen molar-refractivity contribution in [3.63, 3.8) is 0 Å². The third-order valence-electron chi connectivity index (χ3n) is 20.0. The first-order valence-corrected chi connectivity index (χ1v) is 42.0. The largest absolute Gasteiger partial charge is 0.394 e. The lowest BCUT2D eigenvalue weighted by molar-refractivity contribution is -0.359. The Morgan fingerprint density at radius 3 is 1.09 bits per heavy atom. The van der Waals surface area contributed by atoms with Crippen molar-refractivity contribution in [3.8, 4) is 0 Å². The maximum atomic E-state index is 13.4. The highest BCUT2D eigenvalue weighted by atomic mass is 16.7. The molecule has 12 atom stereocenters. The van der Waals surface area contributed by atoms with E-state index >= 15 is 0 Å². The molecule has 0 radical (unpaired) electrons. The lowest BCUT2D eigenvalue weighted by Gasteiger charge is -2.46. The Labute approximate surface area is 617 Å². The molecule has 0 aliphatic carbocycles. The van der Waals surface area contributed by atoms with Gasteiger partial charge in [0, 0.05) is 6.42 Å². The molecule has 12 unspecified atom stereocenters. The van der Waals surface area contributed by atoms with Gasteiger partial charge >= 0.3 is 0 Å². The minimum atomic E-state index is -1.80. The van der Waals surface area contributed by atoms with Crippen LogP contribution in [0.15, 0.2) is 97.2 Å². The Morgan fingerprint density at radius 1 is 0.366 bits per heavy atom. The number of aliphatic hydroxyl groups excluding tert-OH is 8. The lowest BCUT2D eigenvalue weighted by Crippen LogP contribution is -2.65. The smallest absolute Gasteiger partial charge is 0.220 e. The Hall–Kier alpha value is -3.09. The molecule has 0 aromatic rings. The van der Waals surface area contributed by atoms with Crippen LogP contribution in [0.5, 0.6) is 0 Å². The molecule has 2 aliphatic rings. The van der Waals surface area contributed by atoms with Crippen LogP contribution in [0.25, 0.3) is 0 Å². The molecule has 14 nitrogen and oxygen atoms in total. The van der Waals surface area contributed by atoms with Crippen LogP contribution in [0.1, 0.15) is 354 Å². The normalized spacial score (nSPS) is 22.2. The standard InChI is InChI=1S/C87H155NO13/c1-3-5-7-9-11-13-15-17-19-21-23-25-27-29-31-33-35-37-38-39-41-43-45-47-49-51-53-55-57-59-61-63-65-67-69-71-79(92)88-75(74-98-86-84(97)82(95)85(78(73-90)100-86)101-87-83(96)81(94)80(93)77(72-89)99-87)76(91)70-68-66-64-62-60-58-56-54-52-50-48-46-44-42-40-36-34-32-30-28-26-24-22-20-18-16-14-12-10-8-6-4-2/h5,7,11,13,17,19,23,25,29,31,52,54,60,62,68,70,75-78,80-87,89-91,93-97H,3-4,6,8-10,12,14-16,18,20-22,24,26-28,30,32-51,53,55-59,61,63-67,69,71-74H2,1-2H3,(H,88,92)/b7-5-,13-11-,19-17-,25-23-,31-29-,54-52+,62-60+,70-68+. The second-order valence-electron chi connectivity index (χ2n) is 29.2. The van der Waals surface area contributed by atoms with E-state index in [2.05, 4.69) is 104 Å². The van der Waals surface area contributed by atoms with Crippen LogP contribution in [0.4, 0.5) is 0 Å². The summed E-state index contributed by atoms with van der Waals surface area (Å²) in [6.07, 6.45) is 83.6. The summed E-state index contributed by atoms with van der Waals surface area (Å²) in [5.41, 5.74) is 0. The van der Waals surface area contributed by atoms with Crippen LogP contribution in [0, 0.1) is 0 Å². The molecule has 2 heterocycles. The summed E-state index contributed by atoms with van der Waals surface area (Å²) in [7, 11) is 0. The van der Waals surface area contributed by atoms with Crippen molar-refractivity contribution in [2.75, 3.05) is 19.8 Å². The average Bonchev–Trinajstić information content (AvgIpc) is 0.791. The molecule has 2 fully saturated rings. The second-order valence-corrected chi connectivity index (χ2v) is 29.2. The molecular formula is C87H155NO13. The van der Waals surface area contributed by atoms with E-state index in [1.807, 2.05) is 6.08 Å². The summed E-state index contributed by atoms with van der Waals surface area (Å²) < 4.78 is 22.9. The van der Waals surface area contributed by atoms with Gasteiger partial charge in [0.1, 0.15) is 48.8 Å². The van der Waals surface area contributed by atoms with Gasteiger partial charge in [-0.05, 0) is 89.9 Å². The number of ether oxygens (including phenoxy) is 4. The van der Waals surface area contributed by atoms with E-state index in [1.165, 1.54) is 244 Å². The van der Waals surface area contributed by atoms with E-state index < -0.39 is 86.8 Å². The summed E-state index contributed by atoms with van der Waals surface area (Å²) in [4.78, 5) is 13.4. The fraction of sp³-hybridized carbons (Fsp3) is 0.805. The lowest BCUT2D eigenvalue weighted by atomic mass is 9.97. The Balaban J connectivity index is 1.62. The zero-order chi connectivity index (χ0) is 73.0. The molecule has 9 N–H and O–H groups in total. The first-order valence-electron chi connectivity index (χ1n) is 42.0. The van der Waals surface area contributed by atoms with Crippen molar-refractivity contribution in [2.24, 2.45) is 0 Å². The quantitative estimate of drug-likeness (QED) is 0.0204. The Bertz CT molecular complexity index is 2070. The third-order valence-corrected chi connectivity index (χ3v) is 20.0. The van der Waals surface area contributed by atoms with Crippen LogP contribution in [-0.2, 0) is 23.7 Å². The summed E-state index contributed by atoms with van der Waals surface area (Å²) in [6, 6.07) is -0.944. The number of carbonyl (C=O) groups excluding carboxylic acids is 1. The SMILES string of the molecule is CC/C=C\C/C=C\C/C=C\C/C=C\C/C=C\CCCCCCCCCCCCCCCCCCCCCC(=O)NC(COC1OC(CO)C(OC2OC(CO)C(O)C(O)C2O)C(O)C1O)C(O)/C=C/CC/C=C/CC/C=C/CCCCCCCCCCCCCCCCCCCCCCCC. The first kappa shape index (κ1) is 94.0. The molecule has 14 heteroatoms. The number of allylic oxidation sites excluding steroid dienone is 15. The first-order chi connectivity index (χ1) is 49.6. The molecule has 1 amide bonds. The van der Waals surface area contributed by atoms with Crippen molar-refractivity contribution in [3.05, 3.63) is 97.2 Å². The van der Waals surface area contributed by atoms with Crippen LogP contribution < -0.4 is 5.32 Å². The van der Waals surface area contributed by atoms with Gasteiger partial charge < -0.3 is 65.1 Å². The van der Waals surface area contributed by atoms with Gasteiger partial charge in [-0.1, -0.05) is 355 Å². The van der Waals surface area contributed by atoms with Crippen molar-refractivity contribution in [1.82, 2.24) is 5.32 Å². The molecule has 2 aliphatic heterocycles. The summed E-state index contributed by atoms with van der Waals surface area (Å²) >= 11 is 0. The Kier molecular flexibility index (Phi) is 65.1. The predicted molar refractivity (Wildman–Crippen MR) is 419 cm³/mol. The van der Waals surface area contributed by atoms with Crippen molar-refractivity contribution in [1.29, 1.82) is 0 Å². The highest BCUT2D eigenvalue weighted by Crippen LogP contribution is 2.30. The van der Waals surface area contributed by atoms with Gasteiger partial charge in [0.2, 0.25) is 5.91 Å². The van der Waals surface area contributed by atoms with Crippen LogP contribution >= 0.6 is 0 Å². The van der Waals surface area contributed by atoms with Gasteiger partial charge in [0.05, 0.1) is 32.0 Å². The molecule has 2 saturated heterocycles. The molecule has 0 aromatic carbocycles. The molecule has 101 heavy (non-hydrogen) atoms. The fourth-order valence-corrected chi connectivity index (χ4v) is 13.4. The average molecular weight is 1420 g/mol. The van der Waals surface area contributed by atoms with Gasteiger partial charge in [-0.15, -0.1) is 0 Å². The van der Waals surface area contributed by atoms with E-state index in [-0.39, 0.29) is 18.9 Å². The van der Waals surface area contributed by atoms with Gasteiger partial charge in [-0.3, -0.25) is 4.79 Å². The highest BCUT2D eigenvalue weighted by molar-refractivity contribution is 5.76. The zero-order valence-electron chi connectivity index (χ0n) is 64.4. The third kappa shape index (κ3) is 52.5. The van der Waals surface area contributed by atoms with E-state index in [0.717, 1.165) is 77.0 Å². The molecule has 0 aromatic heterocycles. The maximum Gasteiger partial charge on any atom is 0.220 e. The van der Waals surface area contributed by atoms with Crippen molar-refractivity contribution >= 4 is 5.91 Å². The van der Waals surface area contributed by atoms with Crippen LogP contribution in [0.3, 0.4) is 0 Å². The van der Waals surface area contributed by atoms with E-state index in [1.54, 1.807) is 6.08 Å². The van der Waals surface area contributed by atoms with Gasteiger partial charge in [-0.2, -0.15) is 0 Å². The molecular weight excluding hydrogens is 1270 g/mol. The van der Waals surface area contributed by atoms with Gasteiger partial charge in [0.25, 0.3) is 0 Å². The predicted octanol–water partition coefficient (Wildman–Crippen LogP) is 19.6. The number of carbonyl (C=O) groups is 1. The van der Waals surface area contributed by atoms with Crippen LogP contribution in [-0.4, -0.2) is 140 Å². The van der Waals surface area contributed by atoms with Crippen molar-refractivity contribution in [2.45, 2.75) is 428 Å². The number of nitrogens with one attached hydrogen (secondary N) is 1. The highest BCUT2D eigenvalue weighted by Gasteiger charge is 2.51. The monoisotopic (exact) mass is 1420 g/mol. The second kappa shape index (κ2) is 69.9.